The van der Waals surface area contributed by atoms with Gasteiger partial charge in [0, 0.05) is 26.0 Å². The number of rotatable bonds is 12. The molecule has 0 aromatic rings. The lowest BCUT2D eigenvalue weighted by atomic mass is 9.68. The average Bonchev–Trinajstić information content (AvgIpc) is 3.77. The van der Waals surface area contributed by atoms with E-state index in [-0.39, 0.29) is 53.4 Å². The molecule has 0 radical (unpaired) electrons. The van der Waals surface area contributed by atoms with E-state index in [1.54, 1.807) is 7.11 Å². The van der Waals surface area contributed by atoms with Crippen molar-refractivity contribution in [3.05, 3.63) is 11.6 Å². The van der Waals surface area contributed by atoms with Crippen LogP contribution in [0.1, 0.15) is 105 Å². The summed E-state index contributed by atoms with van der Waals surface area (Å²) in [6, 6.07) is 0.235. The van der Waals surface area contributed by atoms with Crippen molar-refractivity contribution in [2.24, 2.45) is 17.8 Å². The molecule has 2 heterocycles. The van der Waals surface area contributed by atoms with E-state index in [2.05, 4.69) is 46.0 Å². The monoisotopic (exact) mass is 533 g/mol. The molecule has 1 amide bonds. The van der Waals surface area contributed by atoms with E-state index in [1.165, 1.54) is 5.57 Å². The van der Waals surface area contributed by atoms with Gasteiger partial charge in [0.05, 0.1) is 18.6 Å². The largest absolute Gasteiger partial charge is 0.460 e. The molecule has 4 unspecified atom stereocenters. The lowest BCUT2D eigenvalue weighted by molar-refractivity contribution is -0.173. The van der Waals surface area contributed by atoms with Gasteiger partial charge in [-0.25, -0.2) is 0 Å². The summed E-state index contributed by atoms with van der Waals surface area (Å²) < 4.78 is 24.4. The Morgan fingerprint density at radius 3 is 2.45 bits per heavy atom. The molecule has 7 nitrogen and oxygen atoms in total. The molecule has 38 heavy (non-hydrogen) atoms. The molecule has 2 saturated heterocycles. The fraction of sp³-hybridized carbons (Fsp3) is 0.871. The zero-order valence-electron chi connectivity index (χ0n) is 24.6. The number of methoxy groups -OCH3 is 1. The molecular formula is C31H51NO6. The van der Waals surface area contributed by atoms with Gasteiger partial charge in [-0.1, -0.05) is 31.9 Å². The van der Waals surface area contributed by atoms with Crippen molar-refractivity contribution in [1.82, 2.24) is 5.32 Å². The molecule has 1 spiro atoms. The van der Waals surface area contributed by atoms with Crippen molar-refractivity contribution in [2.75, 3.05) is 13.7 Å². The van der Waals surface area contributed by atoms with Crippen molar-refractivity contribution >= 4 is 11.9 Å². The minimum atomic E-state index is -0.328. The molecule has 216 valence electrons. The maximum atomic E-state index is 13.0. The van der Waals surface area contributed by atoms with E-state index in [0.29, 0.717) is 24.7 Å². The predicted molar refractivity (Wildman–Crippen MR) is 147 cm³/mol. The van der Waals surface area contributed by atoms with Gasteiger partial charge < -0.3 is 24.3 Å². The third kappa shape index (κ3) is 7.19. The van der Waals surface area contributed by atoms with Gasteiger partial charge in [-0.15, -0.1) is 0 Å². The standard InChI is InChI=1S/C31H51NO6/c1-20(2)8-7-9-26(33)32-23-13-11-22(12-14-23)18-27(34)37-24-16-17-31(19-36-31)29(28(24)35-6)30(5)25(38-30)15-10-21(3)4/h10,20,22-25,28-29H,7-9,11-19H2,1-6H3,(H,32,33)/t22?,23?,24?,25-,28?,29?,30?,31+/m1/s1. The molecule has 4 rings (SSSR count). The number of nitrogens with one attached hydrogen (secondary N) is 1. The van der Waals surface area contributed by atoms with Crippen molar-refractivity contribution < 1.29 is 28.5 Å². The second kappa shape index (κ2) is 12.4. The third-order valence-electron chi connectivity index (χ3n) is 9.37. The molecule has 0 bridgehead atoms. The van der Waals surface area contributed by atoms with Crippen LogP contribution >= 0.6 is 0 Å². The van der Waals surface area contributed by atoms with Crippen LogP contribution in [0.25, 0.3) is 0 Å². The van der Waals surface area contributed by atoms with Crippen molar-refractivity contribution in [3.8, 4) is 0 Å². The summed E-state index contributed by atoms with van der Waals surface area (Å²) in [6.07, 6.45) is 11.2. The molecule has 2 saturated carbocycles. The normalized spacial score (nSPS) is 38.1. The lowest BCUT2D eigenvalue weighted by Crippen LogP contribution is -2.55. The van der Waals surface area contributed by atoms with Gasteiger partial charge in [0.2, 0.25) is 5.91 Å². The van der Waals surface area contributed by atoms with Gasteiger partial charge in [-0.05, 0) is 84.0 Å². The Labute approximate surface area is 229 Å². The van der Waals surface area contributed by atoms with Gasteiger partial charge in [0.1, 0.15) is 23.4 Å². The van der Waals surface area contributed by atoms with Crippen LogP contribution in [0.3, 0.4) is 0 Å². The fourth-order valence-electron chi connectivity index (χ4n) is 7.00. The van der Waals surface area contributed by atoms with Gasteiger partial charge in [0.25, 0.3) is 0 Å². The Morgan fingerprint density at radius 2 is 1.84 bits per heavy atom. The van der Waals surface area contributed by atoms with E-state index in [4.69, 9.17) is 18.9 Å². The second-order valence-corrected chi connectivity index (χ2v) is 13.2. The number of allylic oxidation sites excluding steroid dienone is 1. The first-order valence-corrected chi connectivity index (χ1v) is 15.0. The molecule has 2 aliphatic heterocycles. The number of esters is 1. The van der Waals surface area contributed by atoms with Crippen LogP contribution in [0.4, 0.5) is 0 Å². The highest BCUT2D eigenvalue weighted by atomic mass is 16.6. The minimum Gasteiger partial charge on any atom is -0.460 e. The Hall–Kier alpha value is -1.44. The highest BCUT2D eigenvalue weighted by Crippen LogP contribution is 2.59. The van der Waals surface area contributed by atoms with Gasteiger partial charge >= 0.3 is 5.97 Å². The van der Waals surface area contributed by atoms with E-state index in [1.807, 2.05) is 0 Å². The summed E-state index contributed by atoms with van der Waals surface area (Å²) in [4.78, 5) is 25.3. The summed E-state index contributed by atoms with van der Waals surface area (Å²) in [7, 11) is 1.72. The maximum absolute atomic E-state index is 13.0. The Kier molecular flexibility index (Phi) is 9.63. The summed E-state index contributed by atoms with van der Waals surface area (Å²) in [5.74, 6) is 1.02. The second-order valence-electron chi connectivity index (χ2n) is 13.2. The zero-order valence-corrected chi connectivity index (χ0v) is 24.6. The molecular weight excluding hydrogens is 482 g/mol. The Balaban J connectivity index is 1.24. The van der Waals surface area contributed by atoms with Crippen LogP contribution < -0.4 is 5.32 Å². The van der Waals surface area contributed by atoms with Crippen molar-refractivity contribution in [1.29, 1.82) is 0 Å². The number of hydrogen-bond donors (Lipinski definition) is 1. The SMILES string of the molecule is COC1C(OC(=O)CC2CCC(NC(=O)CCCC(C)C)CC2)CC[C@]2(CO2)C1C1(C)O[C@@H]1CC=C(C)C. The summed E-state index contributed by atoms with van der Waals surface area (Å²) in [6.45, 7) is 11.5. The Morgan fingerprint density at radius 1 is 1.13 bits per heavy atom. The summed E-state index contributed by atoms with van der Waals surface area (Å²) >= 11 is 0. The van der Waals surface area contributed by atoms with Crippen LogP contribution in [0.5, 0.6) is 0 Å². The van der Waals surface area contributed by atoms with E-state index >= 15 is 0 Å². The van der Waals surface area contributed by atoms with Gasteiger partial charge in [-0.3, -0.25) is 9.59 Å². The number of carbonyl (C=O) groups excluding carboxylic acids is 2. The first kappa shape index (κ1) is 29.5. The highest BCUT2D eigenvalue weighted by Gasteiger charge is 2.72. The van der Waals surface area contributed by atoms with Crippen LogP contribution in [0.15, 0.2) is 11.6 Å². The molecule has 0 aromatic carbocycles. The van der Waals surface area contributed by atoms with Crippen LogP contribution in [0.2, 0.25) is 0 Å². The number of amides is 1. The first-order valence-electron chi connectivity index (χ1n) is 15.0. The van der Waals surface area contributed by atoms with Gasteiger partial charge in [0.15, 0.2) is 0 Å². The quantitative estimate of drug-likeness (QED) is 0.202. The molecule has 1 N–H and O–H groups in total. The third-order valence-corrected chi connectivity index (χ3v) is 9.37. The smallest absolute Gasteiger partial charge is 0.306 e. The lowest BCUT2D eigenvalue weighted by Gasteiger charge is -2.42. The molecule has 7 heteroatoms. The number of carbonyl (C=O) groups is 2. The van der Waals surface area contributed by atoms with E-state index in [9.17, 15) is 9.59 Å². The topological polar surface area (TPSA) is 89.7 Å². The highest BCUT2D eigenvalue weighted by molar-refractivity contribution is 5.76. The van der Waals surface area contributed by atoms with Crippen LogP contribution in [-0.2, 0) is 28.5 Å². The van der Waals surface area contributed by atoms with Crippen molar-refractivity contribution in [3.63, 3.8) is 0 Å². The number of hydrogen-bond acceptors (Lipinski definition) is 6. The molecule has 2 aliphatic carbocycles. The summed E-state index contributed by atoms with van der Waals surface area (Å²) in [5.41, 5.74) is 0.749. The molecule has 0 aromatic heterocycles. The molecule has 6 atom stereocenters. The minimum absolute atomic E-state index is 0.0432. The predicted octanol–water partition coefficient (Wildman–Crippen LogP) is 5.50. The van der Waals surface area contributed by atoms with E-state index < -0.39 is 0 Å². The van der Waals surface area contributed by atoms with Crippen molar-refractivity contribution in [2.45, 2.75) is 141 Å². The fourth-order valence-corrected chi connectivity index (χ4v) is 7.00. The Bertz CT molecular complexity index is 854. The number of ether oxygens (including phenoxy) is 4. The van der Waals surface area contributed by atoms with E-state index in [0.717, 1.165) is 64.4 Å². The maximum Gasteiger partial charge on any atom is 0.306 e. The number of epoxide rings is 2. The average molecular weight is 534 g/mol. The molecule has 4 aliphatic rings. The van der Waals surface area contributed by atoms with Gasteiger partial charge in [-0.2, -0.15) is 0 Å². The molecule has 4 fully saturated rings. The summed E-state index contributed by atoms with van der Waals surface area (Å²) in [5, 5.41) is 3.20. The zero-order chi connectivity index (χ0) is 27.5. The van der Waals surface area contributed by atoms with Crippen LogP contribution in [0, 0.1) is 17.8 Å². The van der Waals surface area contributed by atoms with Crippen LogP contribution in [-0.4, -0.2) is 61.1 Å². The first-order chi connectivity index (χ1) is 18.1.